The van der Waals surface area contributed by atoms with E-state index in [1.54, 1.807) is 7.05 Å². The zero-order chi connectivity index (χ0) is 18.3. The topological polar surface area (TPSA) is 75.3 Å². The van der Waals surface area contributed by atoms with Crippen LogP contribution in [0.3, 0.4) is 0 Å². The van der Waals surface area contributed by atoms with Gasteiger partial charge in [0.1, 0.15) is 0 Å². The van der Waals surface area contributed by atoms with Crippen LogP contribution in [-0.2, 0) is 14.2 Å². The van der Waals surface area contributed by atoms with Crippen molar-refractivity contribution in [3.63, 3.8) is 0 Å². The first kappa shape index (κ1) is 22.1. The van der Waals surface area contributed by atoms with E-state index in [0.29, 0.717) is 45.6 Å². The minimum atomic E-state index is -0.196. The Morgan fingerprint density at radius 1 is 0.920 bits per heavy atom. The SMILES string of the molecule is CNC(=O)NCCOCCOCCOCCN1CCN(C(C)C)CC1. The molecule has 148 valence electrons. The average Bonchev–Trinajstić information content (AvgIpc) is 2.62. The lowest BCUT2D eigenvalue weighted by atomic mass is 10.2. The third-order valence-electron chi connectivity index (χ3n) is 4.19. The number of hydrogen-bond acceptors (Lipinski definition) is 6. The first-order valence-electron chi connectivity index (χ1n) is 9.28. The summed E-state index contributed by atoms with van der Waals surface area (Å²) in [5, 5.41) is 5.13. The fraction of sp³-hybridized carbons (Fsp3) is 0.941. The average molecular weight is 360 g/mol. The number of ether oxygens (including phenoxy) is 3. The zero-order valence-corrected chi connectivity index (χ0v) is 16.1. The number of piperazine rings is 1. The maximum atomic E-state index is 10.9. The highest BCUT2D eigenvalue weighted by molar-refractivity contribution is 5.73. The Labute approximate surface area is 152 Å². The van der Waals surface area contributed by atoms with Gasteiger partial charge in [-0.15, -0.1) is 0 Å². The molecule has 0 bridgehead atoms. The van der Waals surface area contributed by atoms with Gasteiger partial charge in [0.15, 0.2) is 0 Å². The number of rotatable bonds is 13. The summed E-state index contributed by atoms with van der Waals surface area (Å²) in [5.41, 5.74) is 0. The van der Waals surface area contributed by atoms with Crippen molar-refractivity contribution in [2.75, 3.05) is 86.0 Å². The molecule has 0 atom stereocenters. The minimum absolute atomic E-state index is 0.196. The van der Waals surface area contributed by atoms with Gasteiger partial charge in [-0.1, -0.05) is 0 Å². The van der Waals surface area contributed by atoms with Gasteiger partial charge < -0.3 is 24.8 Å². The largest absolute Gasteiger partial charge is 0.378 e. The third kappa shape index (κ3) is 11.3. The van der Waals surface area contributed by atoms with Crippen LogP contribution < -0.4 is 10.6 Å². The van der Waals surface area contributed by atoms with Crippen molar-refractivity contribution in [2.45, 2.75) is 19.9 Å². The highest BCUT2D eigenvalue weighted by Crippen LogP contribution is 2.05. The number of nitrogens with zero attached hydrogens (tertiary/aromatic N) is 2. The highest BCUT2D eigenvalue weighted by Gasteiger charge is 2.17. The quantitative estimate of drug-likeness (QED) is 0.450. The fourth-order valence-electron chi connectivity index (χ4n) is 2.56. The molecule has 1 fully saturated rings. The molecule has 0 aliphatic carbocycles. The van der Waals surface area contributed by atoms with E-state index in [1.165, 1.54) is 0 Å². The highest BCUT2D eigenvalue weighted by atomic mass is 16.5. The number of hydrogen-bond donors (Lipinski definition) is 2. The molecule has 1 heterocycles. The number of urea groups is 1. The smallest absolute Gasteiger partial charge is 0.314 e. The second-order valence-corrected chi connectivity index (χ2v) is 6.31. The van der Waals surface area contributed by atoms with E-state index in [2.05, 4.69) is 34.3 Å². The standard InChI is InChI=1S/C17H36N4O4/c1-16(2)21-7-5-20(6-8-21)9-11-24-13-15-25-14-12-23-10-4-19-17(22)18-3/h16H,4-15H2,1-3H3,(H2,18,19,22). The monoisotopic (exact) mass is 360 g/mol. The van der Waals surface area contributed by atoms with Crippen LogP contribution >= 0.6 is 0 Å². The number of amides is 2. The first-order chi connectivity index (χ1) is 12.1. The van der Waals surface area contributed by atoms with Gasteiger partial charge in [0.25, 0.3) is 0 Å². The van der Waals surface area contributed by atoms with E-state index in [9.17, 15) is 4.79 Å². The maximum Gasteiger partial charge on any atom is 0.314 e. The summed E-state index contributed by atoms with van der Waals surface area (Å²) in [4.78, 5) is 15.9. The van der Waals surface area contributed by atoms with Crippen LogP contribution in [-0.4, -0.2) is 108 Å². The molecule has 2 N–H and O–H groups in total. The lowest BCUT2D eigenvalue weighted by molar-refractivity contribution is 0.00779. The van der Waals surface area contributed by atoms with E-state index >= 15 is 0 Å². The second kappa shape index (κ2) is 14.3. The molecule has 0 unspecified atom stereocenters. The third-order valence-corrected chi connectivity index (χ3v) is 4.19. The van der Waals surface area contributed by atoms with Gasteiger partial charge in [0.2, 0.25) is 0 Å². The van der Waals surface area contributed by atoms with Crippen molar-refractivity contribution in [3.8, 4) is 0 Å². The van der Waals surface area contributed by atoms with E-state index < -0.39 is 0 Å². The van der Waals surface area contributed by atoms with Gasteiger partial charge in [-0.2, -0.15) is 0 Å². The summed E-state index contributed by atoms with van der Waals surface area (Å²) < 4.78 is 16.4. The normalized spacial score (nSPS) is 16.3. The Morgan fingerprint density at radius 3 is 2.04 bits per heavy atom. The molecule has 25 heavy (non-hydrogen) atoms. The van der Waals surface area contributed by atoms with Crippen LogP contribution in [0, 0.1) is 0 Å². The van der Waals surface area contributed by atoms with Crippen LogP contribution in [0.1, 0.15) is 13.8 Å². The minimum Gasteiger partial charge on any atom is -0.378 e. The molecule has 8 heteroatoms. The molecule has 1 aliphatic rings. The Morgan fingerprint density at radius 2 is 1.48 bits per heavy atom. The van der Waals surface area contributed by atoms with E-state index in [-0.39, 0.29) is 6.03 Å². The van der Waals surface area contributed by atoms with Gasteiger partial charge in [-0.3, -0.25) is 9.80 Å². The molecule has 0 radical (unpaired) electrons. The van der Waals surface area contributed by atoms with Crippen LogP contribution in [0.5, 0.6) is 0 Å². The second-order valence-electron chi connectivity index (χ2n) is 6.31. The lowest BCUT2D eigenvalue weighted by Crippen LogP contribution is -2.49. The summed E-state index contributed by atoms with van der Waals surface area (Å²) in [6.07, 6.45) is 0. The molecule has 1 aliphatic heterocycles. The number of carbonyl (C=O) groups excluding carboxylic acids is 1. The Hall–Kier alpha value is -0.930. The first-order valence-corrected chi connectivity index (χ1v) is 9.28. The molecule has 0 saturated carbocycles. The summed E-state index contributed by atoms with van der Waals surface area (Å²) in [6, 6.07) is 0.449. The van der Waals surface area contributed by atoms with E-state index in [0.717, 1.165) is 39.3 Å². The van der Waals surface area contributed by atoms with Crippen molar-refractivity contribution >= 4 is 6.03 Å². The zero-order valence-electron chi connectivity index (χ0n) is 16.1. The van der Waals surface area contributed by atoms with Gasteiger partial charge in [-0.25, -0.2) is 4.79 Å². The van der Waals surface area contributed by atoms with E-state index in [1.807, 2.05) is 0 Å². The Kier molecular flexibility index (Phi) is 12.6. The molecule has 0 aromatic rings. The molecule has 0 spiro atoms. The van der Waals surface area contributed by atoms with Crippen LogP contribution in [0.25, 0.3) is 0 Å². The Bertz CT molecular complexity index is 337. The number of carbonyl (C=O) groups is 1. The lowest BCUT2D eigenvalue weighted by Gasteiger charge is -2.36. The van der Waals surface area contributed by atoms with Gasteiger partial charge in [-0.05, 0) is 13.8 Å². The van der Waals surface area contributed by atoms with Crippen LogP contribution in [0.2, 0.25) is 0 Å². The predicted molar refractivity (Wildman–Crippen MR) is 98.1 cm³/mol. The predicted octanol–water partition coefficient (Wildman–Crippen LogP) is -0.00880. The van der Waals surface area contributed by atoms with Gasteiger partial charge in [0, 0.05) is 52.4 Å². The van der Waals surface area contributed by atoms with Crippen LogP contribution in [0.15, 0.2) is 0 Å². The molecular formula is C17H36N4O4. The molecule has 2 amide bonds. The van der Waals surface area contributed by atoms with Crippen molar-refractivity contribution in [1.82, 2.24) is 20.4 Å². The number of nitrogens with one attached hydrogen (secondary N) is 2. The fourth-order valence-corrected chi connectivity index (χ4v) is 2.56. The molecule has 1 rings (SSSR count). The van der Waals surface area contributed by atoms with Crippen molar-refractivity contribution in [3.05, 3.63) is 0 Å². The summed E-state index contributed by atoms with van der Waals surface area (Å²) in [5.74, 6) is 0. The van der Waals surface area contributed by atoms with Crippen LogP contribution in [0.4, 0.5) is 4.79 Å². The Balaban J connectivity index is 1.79. The van der Waals surface area contributed by atoms with Gasteiger partial charge >= 0.3 is 6.03 Å². The molecular weight excluding hydrogens is 324 g/mol. The molecule has 8 nitrogen and oxygen atoms in total. The van der Waals surface area contributed by atoms with Gasteiger partial charge in [0.05, 0.1) is 39.6 Å². The molecule has 0 aromatic carbocycles. The van der Waals surface area contributed by atoms with Crippen molar-refractivity contribution in [1.29, 1.82) is 0 Å². The maximum absolute atomic E-state index is 10.9. The van der Waals surface area contributed by atoms with Crippen molar-refractivity contribution in [2.24, 2.45) is 0 Å². The summed E-state index contributed by atoms with van der Waals surface area (Å²) in [7, 11) is 1.58. The van der Waals surface area contributed by atoms with Crippen molar-refractivity contribution < 1.29 is 19.0 Å². The molecule has 1 saturated heterocycles. The van der Waals surface area contributed by atoms with E-state index in [4.69, 9.17) is 14.2 Å². The summed E-state index contributed by atoms with van der Waals surface area (Å²) in [6.45, 7) is 14.1. The summed E-state index contributed by atoms with van der Waals surface area (Å²) >= 11 is 0. The molecule has 0 aromatic heterocycles.